The summed E-state index contributed by atoms with van der Waals surface area (Å²) >= 11 is 0. The van der Waals surface area contributed by atoms with Gasteiger partial charge in [-0.3, -0.25) is 9.55 Å². The van der Waals surface area contributed by atoms with E-state index in [0.29, 0.717) is 11.4 Å². The first kappa shape index (κ1) is 43.9. The normalized spacial score (nSPS) is 12.8. The molecule has 0 radical (unpaired) electrons. The molecule has 0 saturated heterocycles. The molecular weight excluding hydrogens is 819 g/mol. The van der Waals surface area contributed by atoms with Gasteiger partial charge in [0.25, 0.3) is 0 Å². The molecule has 0 atom stereocenters. The topological polar surface area (TPSA) is 64.1 Å². The summed E-state index contributed by atoms with van der Waals surface area (Å²) in [5.74, 6) is 0.940. The third kappa shape index (κ3) is 7.78. The molecule has 10 aromatic rings. The Balaban J connectivity index is 1.30. The standard InChI is InChI=1S/C62H61N3O2/c1-59(2,3)42-25-26-50(46(34-42)37-19-14-13-15-20-37)65-51-24-18-23-45(56(51)64-58(65)48-35-44(61(7,8)9)36-49(57(48)66)62(10,11)12)40-29-41(31-43(30-40)60(4,5)6)55-54-47-32-38-21-16-17-22-39(38)33-53(47)67-52(54)27-28-63-55/h13-36,66H,1-12H3. The Morgan fingerprint density at radius 2 is 1.13 bits per heavy atom. The molecular formula is C62H61N3O2. The number of nitrogens with zero attached hydrogens (tertiary/aromatic N) is 3. The minimum atomic E-state index is -0.334. The summed E-state index contributed by atoms with van der Waals surface area (Å²) in [5, 5.41) is 17.0. The number of phenolic OH excluding ortho intramolecular Hbond substituents is 1. The molecule has 0 aliphatic rings. The lowest BCUT2D eigenvalue weighted by molar-refractivity contribution is 0.446. The van der Waals surface area contributed by atoms with E-state index < -0.39 is 0 Å². The molecule has 0 spiro atoms. The van der Waals surface area contributed by atoms with Crippen LogP contribution in [-0.2, 0) is 21.7 Å². The molecule has 0 bridgehead atoms. The van der Waals surface area contributed by atoms with Gasteiger partial charge in [-0.15, -0.1) is 0 Å². The highest BCUT2D eigenvalue weighted by atomic mass is 16.3. The molecule has 3 aromatic heterocycles. The summed E-state index contributed by atoms with van der Waals surface area (Å²) in [6.45, 7) is 26.8. The van der Waals surface area contributed by atoms with Gasteiger partial charge in [-0.1, -0.05) is 168 Å². The number of aromatic hydroxyl groups is 1. The summed E-state index contributed by atoms with van der Waals surface area (Å²) < 4.78 is 8.85. The average Bonchev–Trinajstić information content (AvgIpc) is 3.85. The summed E-state index contributed by atoms with van der Waals surface area (Å²) in [5.41, 5.74) is 14.9. The van der Waals surface area contributed by atoms with E-state index in [-0.39, 0.29) is 27.4 Å². The quantitative estimate of drug-likeness (QED) is 0.187. The predicted molar refractivity (Wildman–Crippen MR) is 282 cm³/mol. The van der Waals surface area contributed by atoms with Gasteiger partial charge in [-0.2, -0.15) is 0 Å². The highest BCUT2D eigenvalue weighted by Gasteiger charge is 2.30. The molecule has 1 N–H and O–H groups in total. The highest BCUT2D eigenvalue weighted by Crippen LogP contribution is 2.47. The number of benzene rings is 7. The fraction of sp³-hybridized carbons (Fsp3) is 0.258. The van der Waals surface area contributed by atoms with E-state index in [2.05, 4.69) is 221 Å². The second-order valence-electron chi connectivity index (χ2n) is 22.6. The minimum absolute atomic E-state index is 0.0819. The van der Waals surface area contributed by atoms with Crippen molar-refractivity contribution in [3.63, 3.8) is 0 Å². The van der Waals surface area contributed by atoms with Crippen LogP contribution in [0.5, 0.6) is 5.75 Å². The molecule has 3 heterocycles. The summed E-state index contributed by atoms with van der Waals surface area (Å²) in [4.78, 5) is 10.8. The Labute approximate surface area is 395 Å². The van der Waals surface area contributed by atoms with E-state index in [9.17, 15) is 5.11 Å². The predicted octanol–water partition coefficient (Wildman–Crippen LogP) is 17.0. The SMILES string of the molecule is CC(C)(C)c1cc(-c2cccc3c2nc(-c2cc(C(C)(C)C)cc(C(C)(C)C)c2O)n3-c2ccc(C(C)(C)C)cc2-c2ccccc2)cc(-c2nccc3oc4cc5ccccc5cc4c23)c1. The van der Waals surface area contributed by atoms with Crippen molar-refractivity contribution < 1.29 is 9.52 Å². The number of hydrogen-bond donors (Lipinski definition) is 1. The maximum absolute atomic E-state index is 12.6. The molecule has 0 unspecified atom stereocenters. The van der Waals surface area contributed by atoms with Gasteiger partial charge in [0.05, 0.1) is 33.4 Å². The lowest BCUT2D eigenvalue weighted by Gasteiger charge is -2.28. The van der Waals surface area contributed by atoms with Gasteiger partial charge in [0.1, 0.15) is 22.7 Å². The smallest absolute Gasteiger partial charge is 0.149 e. The molecule has 5 heteroatoms. The number of para-hydroxylation sites is 1. The molecule has 7 aromatic carbocycles. The van der Waals surface area contributed by atoms with Crippen molar-refractivity contribution in [3.05, 3.63) is 168 Å². The summed E-state index contributed by atoms with van der Waals surface area (Å²) in [6, 6.07) is 50.0. The van der Waals surface area contributed by atoms with E-state index in [4.69, 9.17) is 14.4 Å². The first-order chi connectivity index (χ1) is 31.6. The number of furan rings is 1. The van der Waals surface area contributed by atoms with Crippen molar-refractivity contribution in [2.75, 3.05) is 0 Å². The fourth-order valence-electron chi connectivity index (χ4n) is 9.59. The Morgan fingerprint density at radius 3 is 1.82 bits per heavy atom. The zero-order valence-electron chi connectivity index (χ0n) is 41.1. The largest absolute Gasteiger partial charge is 0.507 e. The number of hydrogen-bond acceptors (Lipinski definition) is 4. The van der Waals surface area contributed by atoms with Gasteiger partial charge >= 0.3 is 0 Å². The number of aromatic nitrogens is 3. The van der Waals surface area contributed by atoms with Crippen LogP contribution in [0.2, 0.25) is 0 Å². The monoisotopic (exact) mass is 879 g/mol. The number of phenols is 1. The zero-order valence-corrected chi connectivity index (χ0v) is 41.1. The van der Waals surface area contributed by atoms with Crippen molar-refractivity contribution in [3.8, 4) is 56.3 Å². The number of pyridine rings is 1. The van der Waals surface area contributed by atoms with Gasteiger partial charge in [0.2, 0.25) is 0 Å². The first-order valence-electron chi connectivity index (χ1n) is 23.6. The molecule has 0 saturated carbocycles. The second kappa shape index (κ2) is 15.6. The molecule has 0 fully saturated rings. The van der Waals surface area contributed by atoms with Gasteiger partial charge in [0, 0.05) is 33.8 Å². The van der Waals surface area contributed by atoms with E-state index >= 15 is 0 Å². The maximum atomic E-state index is 12.6. The van der Waals surface area contributed by atoms with Crippen molar-refractivity contribution in [1.29, 1.82) is 0 Å². The van der Waals surface area contributed by atoms with Crippen LogP contribution in [0.3, 0.4) is 0 Å². The van der Waals surface area contributed by atoms with E-state index in [1.165, 1.54) is 11.1 Å². The number of fused-ring (bicyclic) bond motifs is 5. The number of imidazole rings is 1. The van der Waals surface area contributed by atoms with Crippen LogP contribution in [0.15, 0.2) is 150 Å². The third-order valence-corrected chi connectivity index (χ3v) is 13.5. The van der Waals surface area contributed by atoms with Crippen molar-refractivity contribution in [2.45, 2.75) is 105 Å². The molecule has 0 aliphatic heterocycles. The van der Waals surface area contributed by atoms with Gasteiger partial charge in [-0.25, -0.2) is 4.98 Å². The molecule has 336 valence electrons. The van der Waals surface area contributed by atoms with Crippen LogP contribution in [0.25, 0.3) is 94.3 Å². The van der Waals surface area contributed by atoms with Crippen molar-refractivity contribution in [1.82, 2.24) is 14.5 Å². The Morgan fingerprint density at radius 1 is 0.493 bits per heavy atom. The van der Waals surface area contributed by atoms with Crippen LogP contribution in [0.4, 0.5) is 0 Å². The molecule has 0 amide bonds. The van der Waals surface area contributed by atoms with Crippen molar-refractivity contribution in [2.24, 2.45) is 0 Å². The Bertz CT molecular complexity index is 3560. The van der Waals surface area contributed by atoms with Crippen molar-refractivity contribution >= 4 is 43.7 Å². The van der Waals surface area contributed by atoms with Crippen LogP contribution in [-0.4, -0.2) is 19.6 Å². The molecule has 10 rings (SSSR count). The van der Waals surface area contributed by atoms with Crippen LogP contribution >= 0.6 is 0 Å². The molecule has 67 heavy (non-hydrogen) atoms. The average molecular weight is 880 g/mol. The fourth-order valence-corrected chi connectivity index (χ4v) is 9.59. The summed E-state index contributed by atoms with van der Waals surface area (Å²) in [7, 11) is 0. The van der Waals surface area contributed by atoms with E-state index in [1.807, 2.05) is 12.3 Å². The van der Waals surface area contributed by atoms with Gasteiger partial charge in [0.15, 0.2) is 0 Å². The molecule has 0 aliphatic carbocycles. The summed E-state index contributed by atoms with van der Waals surface area (Å²) in [6.07, 6.45) is 1.86. The Kier molecular flexibility index (Phi) is 10.2. The first-order valence-corrected chi connectivity index (χ1v) is 23.6. The Hall–Kier alpha value is -6.98. The van der Waals surface area contributed by atoms with Crippen LogP contribution in [0, 0.1) is 0 Å². The van der Waals surface area contributed by atoms with Crippen LogP contribution < -0.4 is 0 Å². The lowest BCUT2D eigenvalue weighted by Crippen LogP contribution is -2.17. The molecule has 5 nitrogen and oxygen atoms in total. The lowest BCUT2D eigenvalue weighted by atomic mass is 9.79. The highest BCUT2D eigenvalue weighted by molar-refractivity contribution is 6.15. The number of rotatable bonds is 5. The second-order valence-corrected chi connectivity index (χ2v) is 22.6. The minimum Gasteiger partial charge on any atom is -0.507 e. The third-order valence-electron chi connectivity index (χ3n) is 13.5. The maximum Gasteiger partial charge on any atom is 0.149 e. The van der Waals surface area contributed by atoms with Gasteiger partial charge < -0.3 is 9.52 Å². The van der Waals surface area contributed by atoms with Gasteiger partial charge in [-0.05, 0) is 115 Å². The van der Waals surface area contributed by atoms with Crippen LogP contribution in [0.1, 0.15) is 105 Å². The van der Waals surface area contributed by atoms with E-state index in [1.54, 1.807) is 0 Å². The van der Waals surface area contributed by atoms with E-state index in [0.717, 1.165) is 94.1 Å². The zero-order chi connectivity index (χ0) is 47.4.